The number of morpholine rings is 1. The van der Waals surface area contributed by atoms with E-state index in [9.17, 15) is 9.18 Å². The van der Waals surface area contributed by atoms with Crippen molar-refractivity contribution in [2.24, 2.45) is 0 Å². The van der Waals surface area contributed by atoms with Gasteiger partial charge in [-0.2, -0.15) is 0 Å². The minimum Gasteiger partial charge on any atom is -0.490 e. The van der Waals surface area contributed by atoms with E-state index in [2.05, 4.69) is 32.1 Å². The van der Waals surface area contributed by atoms with Crippen molar-refractivity contribution in [3.8, 4) is 5.75 Å². The Kier molecular flexibility index (Phi) is 7.47. The highest BCUT2D eigenvalue weighted by Gasteiger charge is 2.22. The van der Waals surface area contributed by atoms with E-state index in [0.29, 0.717) is 53.7 Å². The first-order chi connectivity index (χ1) is 16.3. The third kappa shape index (κ3) is 5.56. The number of carbonyl (C=O) groups is 1. The Morgan fingerprint density at radius 2 is 2.18 bits per heavy atom. The van der Waals surface area contributed by atoms with Gasteiger partial charge in [0.25, 0.3) is 5.91 Å². The predicted molar refractivity (Wildman–Crippen MR) is 131 cm³/mol. The topological polar surface area (TPSA) is 88.6 Å². The van der Waals surface area contributed by atoms with Crippen LogP contribution in [-0.4, -0.2) is 60.2 Å². The normalized spacial score (nSPS) is 16.3. The van der Waals surface area contributed by atoms with Gasteiger partial charge in [-0.05, 0) is 31.3 Å². The maximum atomic E-state index is 13.5. The number of halogens is 3. The summed E-state index contributed by atoms with van der Waals surface area (Å²) in [6.45, 7) is 5.83. The lowest BCUT2D eigenvalue weighted by atomic mass is 10.1. The zero-order valence-corrected chi connectivity index (χ0v) is 19.8. The van der Waals surface area contributed by atoms with E-state index in [1.165, 1.54) is 24.5 Å². The average molecular weight is 506 g/mol. The molecule has 0 spiro atoms. The molecule has 178 valence electrons. The van der Waals surface area contributed by atoms with Crippen molar-refractivity contribution in [3.05, 3.63) is 59.1 Å². The summed E-state index contributed by atoms with van der Waals surface area (Å²) in [5.74, 6) is -0.255. The Labute approximate surface area is 205 Å². The van der Waals surface area contributed by atoms with Crippen molar-refractivity contribution in [3.63, 3.8) is 0 Å². The molecule has 0 bridgehead atoms. The van der Waals surface area contributed by atoms with E-state index < -0.39 is 11.7 Å². The van der Waals surface area contributed by atoms with Gasteiger partial charge < -0.3 is 20.1 Å². The van der Waals surface area contributed by atoms with Gasteiger partial charge in [0.1, 0.15) is 30.3 Å². The number of aromatic nitrogens is 2. The minimum atomic E-state index is -0.569. The number of nitrogens with one attached hydrogen (secondary N) is 2. The van der Waals surface area contributed by atoms with Gasteiger partial charge in [-0.3, -0.25) is 9.69 Å². The molecule has 1 saturated heterocycles. The van der Waals surface area contributed by atoms with E-state index in [-0.39, 0.29) is 16.1 Å². The molecule has 2 aromatic carbocycles. The molecular formula is C23H22Cl2FN5O3. The lowest BCUT2D eigenvalue weighted by Crippen LogP contribution is -2.46. The van der Waals surface area contributed by atoms with Gasteiger partial charge in [0.2, 0.25) is 0 Å². The third-order valence-electron chi connectivity index (χ3n) is 5.37. The molecule has 11 heteroatoms. The number of rotatable bonds is 7. The van der Waals surface area contributed by atoms with Crippen LogP contribution in [0.4, 0.5) is 21.6 Å². The van der Waals surface area contributed by atoms with Crippen LogP contribution < -0.4 is 15.4 Å². The third-order valence-corrected chi connectivity index (χ3v) is 5.83. The molecule has 1 aliphatic heterocycles. The van der Waals surface area contributed by atoms with Crippen molar-refractivity contribution in [1.82, 2.24) is 14.9 Å². The lowest BCUT2D eigenvalue weighted by Gasteiger charge is -2.32. The minimum absolute atomic E-state index is 0.0238. The Morgan fingerprint density at radius 3 is 2.91 bits per heavy atom. The van der Waals surface area contributed by atoms with Crippen LogP contribution in [0.2, 0.25) is 5.02 Å². The van der Waals surface area contributed by atoms with Crippen LogP contribution in [0.5, 0.6) is 5.75 Å². The summed E-state index contributed by atoms with van der Waals surface area (Å²) in [4.78, 5) is 23.1. The van der Waals surface area contributed by atoms with Gasteiger partial charge in [0.15, 0.2) is 0 Å². The summed E-state index contributed by atoms with van der Waals surface area (Å²) >= 11 is 11.7. The van der Waals surface area contributed by atoms with Gasteiger partial charge in [0, 0.05) is 23.7 Å². The summed E-state index contributed by atoms with van der Waals surface area (Å²) in [7, 11) is 2.00. The molecule has 0 unspecified atom stereocenters. The molecule has 3 aromatic rings. The molecule has 8 nitrogen and oxygen atoms in total. The summed E-state index contributed by atoms with van der Waals surface area (Å²) < 4.78 is 25.2. The number of hydrogen-bond acceptors (Lipinski definition) is 7. The van der Waals surface area contributed by atoms with Crippen molar-refractivity contribution >= 4 is 57.2 Å². The van der Waals surface area contributed by atoms with Crippen LogP contribution in [0.15, 0.2) is 48.3 Å². The standard InChI is InChI=1S/C23H22Cl2FN5O3/c1-13(24)23(32)30-20-8-16-19(9-21(20)34-11-15-10-33-6-5-31(15)2)27-12-28-22(16)29-14-3-4-18(26)17(25)7-14/h3-4,7-9,12,15H,1,5-6,10-11H2,2H3,(H,30,32)(H,27,28,29)/t15-/m1/s1. The van der Waals surface area contributed by atoms with Crippen LogP contribution in [-0.2, 0) is 9.53 Å². The summed E-state index contributed by atoms with van der Waals surface area (Å²) in [5, 5.41) is 6.21. The second-order valence-corrected chi connectivity index (χ2v) is 8.58. The summed E-state index contributed by atoms with van der Waals surface area (Å²) in [6.07, 6.45) is 1.39. The molecule has 1 aromatic heterocycles. The Morgan fingerprint density at radius 1 is 1.35 bits per heavy atom. The highest BCUT2D eigenvalue weighted by Crippen LogP contribution is 2.34. The predicted octanol–water partition coefficient (Wildman–Crippen LogP) is 4.57. The molecule has 0 radical (unpaired) electrons. The second kappa shape index (κ2) is 10.5. The number of ether oxygens (including phenoxy) is 2. The average Bonchev–Trinajstić information content (AvgIpc) is 2.81. The van der Waals surface area contributed by atoms with Crippen LogP contribution in [0, 0.1) is 5.82 Å². The maximum absolute atomic E-state index is 13.5. The van der Waals surface area contributed by atoms with E-state index in [4.69, 9.17) is 32.7 Å². The molecule has 0 aliphatic carbocycles. The quantitative estimate of drug-likeness (QED) is 0.454. The Balaban J connectivity index is 1.68. The van der Waals surface area contributed by atoms with Crippen molar-refractivity contribution in [2.75, 3.05) is 44.0 Å². The Bertz CT molecular complexity index is 1240. The molecule has 0 saturated carbocycles. The second-order valence-electron chi connectivity index (χ2n) is 7.72. The number of anilines is 3. The summed E-state index contributed by atoms with van der Waals surface area (Å²) in [6, 6.07) is 7.68. The van der Waals surface area contributed by atoms with Gasteiger partial charge in [-0.25, -0.2) is 14.4 Å². The van der Waals surface area contributed by atoms with Crippen LogP contribution in [0.25, 0.3) is 10.9 Å². The fraction of sp³-hybridized carbons (Fsp3) is 0.261. The first kappa shape index (κ1) is 24.2. The number of amides is 1. The van der Waals surface area contributed by atoms with Gasteiger partial charge in [-0.15, -0.1) is 0 Å². The lowest BCUT2D eigenvalue weighted by molar-refractivity contribution is -0.112. The maximum Gasteiger partial charge on any atom is 0.266 e. The van der Waals surface area contributed by atoms with Crippen LogP contribution in [0.3, 0.4) is 0 Å². The molecule has 4 rings (SSSR count). The van der Waals surface area contributed by atoms with Crippen LogP contribution in [0.1, 0.15) is 0 Å². The fourth-order valence-corrected chi connectivity index (χ4v) is 3.63. The number of likely N-dealkylation sites (N-methyl/N-ethyl adjacent to an activating group) is 1. The summed E-state index contributed by atoms with van der Waals surface area (Å²) in [5.41, 5.74) is 1.47. The number of hydrogen-bond donors (Lipinski definition) is 2. The van der Waals surface area contributed by atoms with Crippen LogP contribution >= 0.6 is 23.2 Å². The highest BCUT2D eigenvalue weighted by atomic mass is 35.5. The number of nitrogens with zero attached hydrogens (tertiary/aromatic N) is 3. The molecular weight excluding hydrogens is 484 g/mol. The fourth-order valence-electron chi connectivity index (χ4n) is 3.40. The van der Waals surface area contributed by atoms with E-state index in [1.807, 2.05) is 7.05 Å². The molecule has 34 heavy (non-hydrogen) atoms. The molecule has 1 fully saturated rings. The van der Waals surface area contributed by atoms with Gasteiger partial charge in [0.05, 0.1) is 40.5 Å². The van der Waals surface area contributed by atoms with E-state index >= 15 is 0 Å². The first-order valence-electron chi connectivity index (χ1n) is 10.4. The molecule has 2 N–H and O–H groups in total. The number of carbonyl (C=O) groups excluding carboxylic acids is 1. The zero-order valence-electron chi connectivity index (χ0n) is 18.3. The molecule has 1 atom stereocenters. The van der Waals surface area contributed by atoms with E-state index in [0.717, 1.165) is 6.54 Å². The molecule has 1 amide bonds. The SMILES string of the molecule is C=C(Cl)C(=O)Nc1cc2c(Nc3ccc(F)c(Cl)c3)ncnc2cc1OC[C@H]1COCCN1C. The number of fused-ring (bicyclic) bond motifs is 1. The van der Waals surface area contributed by atoms with Crippen molar-refractivity contribution < 1.29 is 18.7 Å². The smallest absolute Gasteiger partial charge is 0.266 e. The molecule has 2 heterocycles. The van der Waals surface area contributed by atoms with Gasteiger partial charge >= 0.3 is 0 Å². The van der Waals surface area contributed by atoms with Gasteiger partial charge in [-0.1, -0.05) is 29.8 Å². The zero-order chi connectivity index (χ0) is 24.2. The molecule has 1 aliphatic rings. The monoisotopic (exact) mass is 505 g/mol. The van der Waals surface area contributed by atoms with E-state index in [1.54, 1.807) is 12.1 Å². The first-order valence-corrected chi connectivity index (χ1v) is 11.1. The van der Waals surface area contributed by atoms with Crippen molar-refractivity contribution in [2.45, 2.75) is 6.04 Å². The van der Waals surface area contributed by atoms with Crippen molar-refractivity contribution in [1.29, 1.82) is 0 Å². The largest absolute Gasteiger partial charge is 0.490 e. The number of benzene rings is 2. The Hall–Kier alpha value is -2.98. The highest BCUT2D eigenvalue weighted by molar-refractivity contribution is 6.43.